The molecule has 1 aromatic rings. The second-order valence-electron chi connectivity index (χ2n) is 8.69. The third-order valence-corrected chi connectivity index (χ3v) is 6.20. The quantitative estimate of drug-likeness (QED) is 0.564. The molecule has 4 atom stereocenters. The molecule has 1 aliphatic carbocycles. The maximum atomic E-state index is 6.27. The van der Waals surface area contributed by atoms with Crippen LogP contribution in [0.15, 0.2) is 53.1 Å². The first kappa shape index (κ1) is 19.4. The second kappa shape index (κ2) is 8.10. The van der Waals surface area contributed by atoms with Crippen LogP contribution in [0.4, 0.5) is 0 Å². The first-order chi connectivity index (χ1) is 12.4. The topological polar surface area (TPSA) is 18.5 Å². The molecule has 0 amide bonds. The van der Waals surface area contributed by atoms with E-state index in [0.717, 1.165) is 6.61 Å². The number of benzene rings is 1. The van der Waals surface area contributed by atoms with E-state index >= 15 is 0 Å². The zero-order valence-corrected chi connectivity index (χ0v) is 17.0. The highest BCUT2D eigenvalue weighted by Gasteiger charge is 2.64. The maximum Gasteiger partial charge on any atom is 0.102 e. The van der Waals surface area contributed by atoms with Gasteiger partial charge in [0, 0.05) is 0 Å². The van der Waals surface area contributed by atoms with E-state index in [1.54, 1.807) is 0 Å². The van der Waals surface area contributed by atoms with Crippen LogP contribution in [0.3, 0.4) is 0 Å². The molecule has 0 radical (unpaired) electrons. The van der Waals surface area contributed by atoms with Crippen LogP contribution in [0.1, 0.15) is 53.0 Å². The average Bonchev–Trinajstić information content (AvgIpc) is 3.19. The molecule has 0 N–H and O–H groups in total. The summed E-state index contributed by atoms with van der Waals surface area (Å²) in [4.78, 5) is 0. The van der Waals surface area contributed by atoms with Gasteiger partial charge >= 0.3 is 0 Å². The molecule has 2 aliphatic rings. The third kappa shape index (κ3) is 4.13. The highest BCUT2D eigenvalue weighted by Crippen LogP contribution is 2.67. The Kier molecular flexibility index (Phi) is 6.04. The van der Waals surface area contributed by atoms with Crippen molar-refractivity contribution in [3.05, 3.63) is 58.7 Å². The summed E-state index contributed by atoms with van der Waals surface area (Å²) in [5, 5.41) is 0. The van der Waals surface area contributed by atoms with Gasteiger partial charge in [0.25, 0.3) is 0 Å². The summed E-state index contributed by atoms with van der Waals surface area (Å²) in [6, 6.07) is 10.4. The third-order valence-electron chi connectivity index (χ3n) is 6.20. The van der Waals surface area contributed by atoms with Gasteiger partial charge < -0.3 is 9.47 Å². The summed E-state index contributed by atoms with van der Waals surface area (Å²) < 4.78 is 12.3. The van der Waals surface area contributed by atoms with E-state index in [-0.39, 0.29) is 6.10 Å². The Bertz CT molecular complexity index is 665. The van der Waals surface area contributed by atoms with Crippen LogP contribution in [0, 0.1) is 17.3 Å². The summed E-state index contributed by atoms with van der Waals surface area (Å²) in [7, 11) is 0. The lowest BCUT2D eigenvalue weighted by molar-refractivity contribution is -0.0223. The molecule has 2 nitrogen and oxygen atoms in total. The SMILES string of the molecule is CC(C)=CCC[C@@]1(C)[C@@H]2CO[C@@H](COCc3ccccc3)C(=C(C)C)[C@@H]21. The maximum absolute atomic E-state index is 6.27. The minimum atomic E-state index is 0.121. The highest BCUT2D eigenvalue weighted by atomic mass is 16.5. The van der Waals surface area contributed by atoms with E-state index in [9.17, 15) is 0 Å². The van der Waals surface area contributed by atoms with Gasteiger partial charge in [0.2, 0.25) is 0 Å². The van der Waals surface area contributed by atoms with Gasteiger partial charge in [-0.2, -0.15) is 0 Å². The summed E-state index contributed by atoms with van der Waals surface area (Å²) in [6.45, 7) is 13.5. The molecule has 3 rings (SSSR count). The van der Waals surface area contributed by atoms with Crippen LogP contribution in [0.25, 0.3) is 0 Å². The van der Waals surface area contributed by atoms with E-state index < -0.39 is 0 Å². The molecular formula is C24H34O2. The Morgan fingerprint density at radius 1 is 1.19 bits per heavy atom. The smallest absolute Gasteiger partial charge is 0.102 e. The van der Waals surface area contributed by atoms with E-state index in [1.807, 2.05) is 6.07 Å². The average molecular weight is 355 g/mol. The molecular weight excluding hydrogens is 320 g/mol. The largest absolute Gasteiger partial charge is 0.374 e. The number of hydrogen-bond acceptors (Lipinski definition) is 2. The van der Waals surface area contributed by atoms with E-state index in [1.165, 1.54) is 35.1 Å². The molecule has 1 aromatic carbocycles. The number of fused-ring (bicyclic) bond motifs is 1. The minimum Gasteiger partial charge on any atom is -0.374 e. The van der Waals surface area contributed by atoms with Gasteiger partial charge in [0.05, 0.1) is 19.8 Å². The van der Waals surface area contributed by atoms with Crippen molar-refractivity contribution >= 4 is 0 Å². The molecule has 0 spiro atoms. The molecule has 142 valence electrons. The zero-order chi connectivity index (χ0) is 18.7. The van der Waals surface area contributed by atoms with Crippen molar-refractivity contribution < 1.29 is 9.47 Å². The van der Waals surface area contributed by atoms with Crippen LogP contribution in [-0.2, 0) is 16.1 Å². The fourth-order valence-electron chi connectivity index (χ4n) is 4.67. The van der Waals surface area contributed by atoms with Crippen LogP contribution in [0.2, 0.25) is 0 Å². The van der Waals surface area contributed by atoms with Crippen molar-refractivity contribution in [3.8, 4) is 0 Å². The highest BCUT2D eigenvalue weighted by molar-refractivity contribution is 5.33. The molecule has 0 unspecified atom stereocenters. The molecule has 26 heavy (non-hydrogen) atoms. The summed E-state index contributed by atoms with van der Waals surface area (Å²) in [5.41, 5.74) is 5.96. The molecule has 2 fully saturated rings. The lowest BCUT2D eigenvalue weighted by atomic mass is 9.91. The fourth-order valence-corrected chi connectivity index (χ4v) is 4.67. The van der Waals surface area contributed by atoms with Crippen molar-refractivity contribution in [2.45, 2.75) is 60.2 Å². The molecule has 0 aromatic heterocycles. The van der Waals surface area contributed by atoms with Crippen LogP contribution >= 0.6 is 0 Å². The Hall–Kier alpha value is -1.38. The van der Waals surface area contributed by atoms with E-state index in [4.69, 9.17) is 9.47 Å². The standard InChI is InChI=1S/C24H34O2/c1-17(2)10-9-13-24(5)20-15-26-21(22(18(3)4)23(20)24)16-25-14-19-11-7-6-8-12-19/h6-8,10-12,20-21,23H,9,13-16H2,1-5H3/t20-,21+,23-,24+/m1/s1. The molecule has 1 saturated carbocycles. The first-order valence-electron chi connectivity index (χ1n) is 9.97. The second-order valence-corrected chi connectivity index (χ2v) is 8.69. The van der Waals surface area contributed by atoms with E-state index in [0.29, 0.717) is 30.5 Å². The predicted octanol–water partition coefficient (Wildman–Crippen LogP) is 5.94. The zero-order valence-electron chi connectivity index (χ0n) is 17.0. The van der Waals surface area contributed by atoms with Crippen molar-refractivity contribution in [2.24, 2.45) is 17.3 Å². The predicted molar refractivity (Wildman–Crippen MR) is 108 cm³/mol. The van der Waals surface area contributed by atoms with Gasteiger partial charge in [-0.3, -0.25) is 0 Å². The lowest BCUT2D eigenvalue weighted by Crippen LogP contribution is -2.29. The lowest BCUT2D eigenvalue weighted by Gasteiger charge is -2.27. The molecule has 1 heterocycles. The Morgan fingerprint density at radius 2 is 1.92 bits per heavy atom. The molecule has 1 aliphatic heterocycles. The van der Waals surface area contributed by atoms with Crippen molar-refractivity contribution in [1.82, 2.24) is 0 Å². The van der Waals surface area contributed by atoms with Crippen LogP contribution in [-0.4, -0.2) is 19.3 Å². The van der Waals surface area contributed by atoms with Crippen LogP contribution in [0.5, 0.6) is 0 Å². The van der Waals surface area contributed by atoms with Gasteiger partial charge in [-0.25, -0.2) is 0 Å². The number of hydrogen-bond donors (Lipinski definition) is 0. The normalized spacial score (nSPS) is 29.9. The molecule has 1 saturated heterocycles. The Labute approximate surface area is 159 Å². The van der Waals surface area contributed by atoms with E-state index in [2.05, 4.69) is 65.0 Å². The summed E-state index contributed by atoms with van der Waals surface area (Å²) >= 11 is 0. The number of rotatable bonds is 7. The van der Waals surface area contributed by atoms with Gasteiger partial charge in [-0.15, -0.1) is 0 Å². The van der Waals surface area contributed by atoms with Crippen molar-refractivity contribution in [1.29, 1.82) is 0 Å². The fraction of sp³-hybridized carbons (Fsp3) is 0.583. The number of ether oxygens (including phenoxy) is 2. The Balaban J connectivity index is 1.61. The van der Waals surface area contributed by atoms with Gasteiger partial charge in [0.1, 0.15) is 6.10 Å². The number of allylic oxidation sites excluding steroid dienone is 3. The summed E-state index contributed by atoms with van der Waals surface area (Å²) in [6.07, 6.45) is 4.93. The van der Waals surface area contributed by atoms with Crippen LogP contribution < -0.4 is 0 Å². The molecule has 0 bridgehead atoms. The minimum absolute atomic E-state index is 0.121. The van der Waals surface area contributed by atoms with Gasteiger partial charge in [-0.05, 0) is 68.9 Å². The van der Waals surface area contributed by atoms with Gasteiger partial charge in [-0.1, -0.05) is 54.5 Å². The first-order valence-corrected chi connectivity index (χ1v) is 9.97. The monoisotopic (exact) mass is 354 g/mol. The summed E-state index contributed by atoms with van der Waals surface area (Å²) in [5.74, 6) is 1.36. The van der Waals surface area contributed by atoms with Crippen molar-refractivity contribution in [3.63, 3.8) is 0 Å². The van der Waals surface area contributed by atoms with Gasteiger partial charge in [0.15, 0.2) is 0 Å². The molecule has 2 heteroatoms. The Morgan fingerprint density at radius 3 is 2.58 bits per heavy atom. The van der Waals surface area contributed by atoms with Crippen molar-refractivity contribution in [2.75, 3.05) is 13.2 Å².